The van der Waals surface area contributed by atoms with Crippen molar-refractivity contribution in [2.24, 2.45) is 35.0 Å². The zero-order chi connectivity index (χ0) is 13.5. The number of hydrogen-bond acceptors (Lipinski definition) is 1. The summed E-state index contributed by atoms with van der Waals surface area (Å²) in [6.07, 6.45) is 7.41. The Morgan fingerprint density at radius 3 is 2.39 bits per heavy atom. The van der Waals surface area contributed by atoms with Crippen molar-refractivity contribution in [2.45, 2.75) is 53.9 Å². The second-order valence-corrected chi connectivity index (χ2v) is 7.32. The second-order valence-electron chi connectivity index (χ2n) is 7.32. The third-order valence-corrected chi connectivity index (χ3v) is 5.52. The Balaban J connectivity index is 2.41. The molecule has 0 aliphatic heterocycles. The maximum absolute atomic E-state index is 12.5. The minimum absolute atomic E-state index is 0.202. The quantitative estimate of drug-likeness (QED) is 0.659. The summed E-state index contributed by atoms with van der Waals surface area (Å²) < 4.78 is 0. The van der Waals surface area contributed by atoms with E-state index in [0.717, 1.165) is 19.3 Å². The molecular formula is C17H28O. The molecule has 4 atom stereocenters. The van der Waals surface area contributed by atoms with E-state index in [-0.39, 0.29) is 11.3 Å². The first-order valence-corrected chi connectivity index (χ1v) is 7.55. The molecule has 3 unspecified atom stereocenters. The van der Waals surface area contributed by atoms with Crippen LogP contribution in [0.5, 0.6) is 0 Å². The highest BCUT2D eigenvalue weighted by molar-refractivity contribution is 5.83. The van der Waals surface area contributed by atoms with Gasteiger partial charge in [0, 0.05) is 12.3 Å². The van der Waals surface area contributed by atoms with Crippen molar-refractivity contribution in [3.8, 4) is 0 Å². The van der Waals surface area contributed by atoms with Gasteiger partial charge in [0.1, 0.15) is 5.78 Å². The third kappa shape index (κ3) is 2.06. The van der Waals surface area contributed by atoms with Crippen LogP contribution < -0.4 is 0 Å². The lowest BCUT2D eigenvalue weighted by molar-refractivity contribution is -0.142. The Kier molecular flexibility index (Phi) is 3.71. The van der Waals surface area contributed by atoms with Gasteiger partial charge in [0.25, 0.3) is 0 Å². The van der Waals surface area contributed by atoms with Crippen LogP contribution >= 0.6 is 0 Å². The first kappa shape index (κ1) is 13.8. The van der Waals surface area contributed by atoms with Crippen LogP contribution in [0.4, 0.5) is 0 Å². The highest BCUT2D eigenvalue weighted by Crippen LogP contribution is 2.56. The molecule has 1 saturated carbocycles. The molecule has 2 aliphatic carbocycles. The Labute approximate surface area is 112 Å². The van der Waals surface area contributed by atoms with Crippen molar-refractivity contribution < 1.29 is 4.79 Å². The van der Waals surface area contributed by atoms with E-state index < -0.39 is 0 Å². The number of ketones is 1. The van der Waals surface area contributed by atoms with E-state index in [1.165, 1.54) is 0 Å². The number of hydrogen-bond donors (Lipinski definition) is 0. The topological polar surface area (TPSA) is 17.1 Å². The van der Waals surface area contributed by atoms with Gasteiger partial charge in [0.2, 0.25) is 0 Å². The Morgan fingerprint density at radius 2 is 1.83 bits per heavy atom. The summed E-state index contributed by atoms with van der Waals surface area (Å²) in [5, 5.41) is 0. The van der Waals surface area contributed by atoms with Crippen molar-refractivity contribution in [1.29, 1.82) is 0 Å². The molecule has 0 heterocycles. The van der Waals surface area contributed by atoms with E-state index >= 15 is 0 Å². The summed E-state index contributed by atoms with van der Waals surface area (Å²) in [4.78, 5) is 12.5. The Morgan fingerprint density at radius 1 is 1.17 bits per heavy atom. The summed E-state index contributed by atoms with van der Waals surface area (Å²) in [7, 11) is 0. The summed E-state index contributed by atoms with van der Waals surface area (Å²) >= 11 is 0. The molecule has 1 nitrogen and oxygen atoms in total. The highest BCUT2D eigenvalue weighted by Gasteiger charge is 2.53. The molecule has 1 fully saturated rings. The fraction of sp³-hybridized carbons (Fsp3) is 0.824. The van der Waals surface area contributed by atoms with Gasteiger partial charge < -0.3 is 0 Å². The number of carbonyl (C=O) groups is 1. The molecule has 0 bridgehead atoms. The zero-order valence-electron chi connectivity index (χ0n) is 12.6. The molecule has 0 aromatic rings. The monoisotopic (exact) mass is 248 g/mol. The van der Waals surface area contributed by atoms with Crippen molar-refractivity contribution in [3.63, 3.8) is 0 Å². The fourth-order valence-electron chi connectivity index (χ4n) is 4.75. The molecule has 102 valence electrons. The zero-order valence-corrected chi connectivity index (χ0v) is 12.6. The van der Waals surface area contributed by atoms with E-state index in [2.05, 4.69) is 46.8 Å². The SMILES string of the molecule is CC(C)C1CC(=O)C2CC=CC[C@]2(C)C1C(C)C. The van der Waals surface area contributed by atoms with Crippen molar-refractivity contribution >= 4 is 5.78 Å². The highest BCUT2D eigenvalue weighted by atomic mass is 16.1. The minimum Gasteiger partial charge on any atom is -0.299 e. The molecule has 0 spiro atoms. The van der Waals surface area contributed by atoms with Gasteiger partial charge in [-0.2, -0.15) is 0 Å². The summed E-state index contributed by atoms with van der Waals surface area (Å²) in [5.41, 5.74) is 0.202. The van der Waals surface area contributed by atoms with Gasteiger partial charge in [-0.25, -0.2) is 0 Å². The molecule has 0 N–H and O–H groups in total. The maximum atomic E-state index is 12.5. The van der Waals surface area contributed by atoms with Crippen LogP contribution in [0.1, 0.15) is 53.9 Å². The second kappa shape index (κ2) is 4.83. The van der Waals surface area contributed by atoms with Crippen LogP contribution in [0.25, 0.3) is 0 Å². The summed E-state index contributed by atoms with van der Waals surface area (Å²) in [6, 6.07) is 0. The number of fused-ring (bicyclic) bond motifs is 1. The molecule has 18 heavy (non-hydrogen) atoms. The molecule has 2 aliphatic rings. The van der Waals surface area contributed by atoms with E-state index in [1.807, 2.05) is 0 Å². The standard InChI is InChI=1S/C17H28O/c1-11(2)13-10-15(18)14-8-6-7-9-17(14,5)16(13)12(3)4/h6-7,11-14,16H,8-10H2,1-5H3/t13?,14?,16?,17-/m0/s1. The molecule has 0 radical (unpaired) electrons. The van der Waals surface area contributed by atoms with Crippen LogP contribution in [0.15, 0.2) is 12.2 Å². The molecule has 1 heteroatoms. The number of allylic oxidation sites excluding steroid dienone is 2. The van der Waals surface area contributed by atoms with E-state index in [9.17, 15) is 4.79 Å². The van der Waals surface area contributed by atoms with Gasteiger partial charge in [0.15, 0.2) is 0 Å². The van der Waals surface area contributed by atoms with Gasteiger partial charge in [-0.1, -0.05) is 46.8 Å². The average Bonchev–Trinajstić information content (AvgIpc) is 2.27. The van der Waals surface area contributed by atoms with Crippen molar-refractivity contribution in [1.82, 2.24) is 0 Å². The average molecular weight is 248 g/mol. The largest absolute Gasteiger partial charge is 0.299 e. The molecule has 0 aromatic carbocycles. The summed E-state index contributed by atoms with van der Waals surface area (Å²) in [6.45, 7) is 11.6. The Hall–Kier alpha value is -0.590. The number of rotatable bonds is 2. The van der Waals surface area contributed by atoms with E-state index in [1.54, 1.807) is 0 Å². The van der Waals surface area contributed by atoms with Gasteiger partial charge in [-0.3, -0.25) is 4.79 Å². The van der Waals surface area contributed by atoms with Gasteiger partial charge in [-0.15, -0.1) is 0 Å². The minimum atomic E-state index is 0.202. The van der Waals surface area contributed by atoms with Crippen LogP contribution in [0, 0.1) is 35.0 Å². The summed E-state index contributed by atoms with van der Waals surface area (Å²) in [5.74, 6) is 3.35. The Bertz CT molecular complexity index is 353. The predicted molar refractivity (Wildman–Crippen MR) is 76.3 cm³/mol. The van der Waals surface area contributed by atoms with Crippen LogP contribution in [0.3, 0.4) is 0 Å². The maximum Gasteiger partial charge on any atom is 0.137 e. The number of carbonyl (C=O) groups excluding carboxylic acids is 1. The van der Waals surface area contributed by atoms with Crippen LogP contribution in [-0.2, 0) is 4.79 Å². The van der Waals surface area contributed by atoms with Crippen LogP contribution in [-0.4, -0.2) is 5.78 Å². The number of Topliss-reactive ketones (excluding diaryl/α,β-unsaturated/α-hetero) is 1. The normalized spacial score (nSPS) is 40.4. The van der Waals surface area contributed by atoms with Crippen molar-refractivity contribution in [2.75, 3.05) is 0 Å². The molecule has 0 aromatic heterocycles. The molecular weight excluding hydrogens is 220 g/mol. The first-order chi connectivity index (χ1) is 8.38. The lowest BCUT2D eigenvalue weighted by Crippen LogP contribution is -2.52. The lowest BCUT2D eigenvalue weighted by atomic mass is 9.49. The van der Waals surface area contributed by atoms with Gasteiger partial charge in [0.05, 0.1) is 0 Å². The predicted octanol–water partition coefficient (Wildman–Crippen LogP) is 4.48. The molecule has 2 rings (SSSR count). The van der Waals surface area contributed by atoms with Gasteiger partial charge in [-0.05, 0) is 41.9 Å². The lowest BCUT2D eigenvalue weighted by Gasteiger charge is -2.54. The van der Waals surface area contributed by atoms with E-state index in [4.69, 9.17) is 0 Å². The van der Waals surface area contributed by atoms with E-state index in [0.29, 0.717) is 29.5 Å². The smallest absolute Gasteiger partial charge is 0.137 e. The van der Waals surface area contributed by atoms with Crippen molar-refractivity contribution in [3.05, 3.63) is 12.2 Å². The molecule has 0 saturated heterocycles. The van der Waals surface area contributed by atoms with Gasteiger partial charge >= 0.3 is 0 Å². The van der Waals surface area contributed by atoms with Crippen LogP contribution in [0.2, 0.25) is 0 Å². The first-order valence-electron chi connectivity index (χ1n) is 7.55. The third-order valence-electron chi connectivity index (χ3n) is 5.52. The molecule has 0 amide bonds. The fourth-order valence-corrected chi connectivity index (χ4v) is 4.75.